The van der Waals surface area contributed by atoms with Crippen molar-refractivity contribution in [2.45, 2.75) is 26.3 Å². The highest BCUT2D eigenvalue weighted by atomic mass is 15.1. The molecule has 0 aliphatic carbocycles. The van der Waals surface area contributed by atoms with Crippen molar-refractivity contribution in [2.75, 3.05) is 0 Å². The Labute approximate surface area is 124 Å². The number of nitrogens with zero attached hydrogens (tertiary/aromatic N) is 3. The Morgan fingerprint density at radius 1 is 1.14 bits per heavy atom. The largest absolute Gasteiger partial charge is 0.323 e. The summed E-state index contributed by atoms with van der Waals surface area (Å²) in [7, 11) is 0. The lowest BCUT2D eigenvalue weighted by atomic mass is 10.1. The molecule has 3 aromatic rings. The predicted octanol–water partition coefficient (Wildman–Crippen LogP) is 3.91. The first-order valence-electron chi connectivity index (χ1n) is 7.25. The molecule has 2 aromatic carbocycles. The number of para-hydroxylation sites is 2. The van der Waals surface area contributed by atoms with Gasteiger partial charge < -0.3 is 4.57 Å². The second-order valence-electron chi connectivity index (χ2n) is 5.17. The van der Waals surface area contributed by atoms with E-state index in [0.29, 0.717) is 5.56 Å². The van der Waals surface area contributed by atoms with Crippen LogP contribution in [0, 0.1) is 11.3 Å². The van der Waals surface area contributed by atoms with Crippen molar-refractivity contribution in [3.63, 3.8) is 0 Å². The molecule has 1 heterocycles. The minimum absolute atomic E-state index is 0.703. The zero-order chi connectivity index (χ0) is 14.7. The fourth-order valence-corrected chi connectivity index (χ4v) is 2.64. The maximum absolute atomic E-state index is 9.03. The minimum atomic E-state index is 0.703. The van der Waals surface area contributed by atoms with Crippen LogP contribution in [0.25, 0.3) is 11.0 Å². The molecule has 21 heavy (non-hydrogen) atoms. The molecule has 0 unspecified atom stereocenters. The maximum Gasteiger partial charge on any atom is 0.110 e. The quantitative estimate of drug-likeness (QED) is 0.724. The molecule has 3 nitrogen and oxygen atoms in total. The van der Waals surface area contributed by atoms with Gasteiger partial charge in [-0.25, -0.2) is 4.98 Å². The zero-order valence-corrected chi connectivity index (χ0v) is 12.1. The Hall–Kier alpha value is -2.60. The third-order valence-electron chi connectivity index (χ3n) is 3.60. The van der Waals surface area contributed by atoms with E-state index in [2.05, 4.69) is 35.8 Å². The molecular formula is C18H17N3. The molecule has 0 aliphatic heterocycles. The highest BCUT2D eigenvalue weighted by Gasteiger charge is 2.10. The van der Waals surface area contributed by atoms with E-state index in [-0.39, 0.29) is 0 Å². The number of imidazole rings is 1. The van der Waals surface area contributed by atoms with Crippen LogP contribution in [0.15, 0.2) is 48.5 Å². The average molecular weight is 275 g/mol. The van der Waals surface area contributed by atoms with Crippen molar-refractivity contribution in [1.29, 1.82) is 5.26 Å². The van der Waals surface area contributed by atoms with Gasteiger partial charge in [-0.3, -0.25) is 0 Å². The van der Waals surface area contributed by atoms with Gasteiger partial charge in [0, 0.05) is 13.0 Å². The Bertz CT molecular complexity index is 809. The highest BCUT2D eigenvalue weighted by Crippen LogP contribution is 2.19. The summed E-state index contributed by atoms with van der Waals surface area (Å²) in [4.78, 5) is 4.74. The van der Waals surface area contributed by atoms with Gasteiger partial charge in [-0.05, 0) is 36.2 Å². The van der Waals surface area contributed by atoms with Crippen LogP contribution >= 0.6 is 0 Å². The van der Waals surface area contributed by atoms with Crippen molar-refractivity contribution in [3.05, 3.63) is 65.5 Å². The first-order chi connectivity index (χ1) is 10.3. The van der Waals surface area contributed by atoms with E-state index in [1.54, 1.807) is 0 Å². The van der Waals surface area contributed by atoms with Gasteiger partial charge >= 0.3 is 0 Å². The molecule has 0 saturated heterocycles. The predicted molar refractivity (Wildman–Crippen MR) is 84.0 cm³/mol. The van der Waals surface area contributed by atoms with Gasteiger partial charge in [0.1, 0.15) is 5.82 Å². The van der Waals surface area contributed by atoms with Crippen LogP contribution in [-0.2, 0) is 13.0 Å². The van der Waals surface area contributed by atoms with Crippen LogP contribution in [0.3, 0.4) is 0 Å². The van der Waals surface area contributed by atoms with Gasteiger partial charge in [0.15, 0.2) is 0 Å². The Morgan fingerprint density at radius 2 is 2.00 bits per heavy atom. The standard InChI is InChI=1S/C18H17N3/c1-2-6-18-20-16-9-3-4-10-17(16)21(18)13-15-8-5-7-14(11-15)12-19/h3-5,7-11H,2,6,13H2,1H3. The van der Waals surface area contributed by atoms with Gasteiger partial charge in [-0.2, -0.15) is 5.26 Å². The van der Waals surface area contributed by atoms with Crippen molar-refractivity contribution < 1.29 is 0 Å². The molecule has 0 N–H and O–H groups in total. The van der Waals surface area contributed by atoms with E-state index in [4.69, 9.17) is 10.2 Å². The van der Waals surface area contributed by atoms with Gasteiger partial charge in [-0.1, -0.05) is 31.2 Å². The topological polar surface area (TPSA) is 41.6 Å². The molecule has 0 amide bonds. The summed E-state index contributed by atoms with van der Waals surface area (Å²) in [6.45, 7) is 2.92. The molecule has 0 radical (unpaired) electrons. The molecule has 0 saturated carbocycles. The third-order valence-corrected chi connectivity index (χ3v) is 3.60. The number of aryl methyl sites for hydroxylation is 1. The van der Waals surface area contributed by atoms with Crippen LogP contribution in [0.5, 0.6) is 0 Å². The van der Waals surface area contributed by atoms with Gasteiger partial charge in [0.2, 0.25) is 0 Å². The smallest absolute Gasteiger partial charge is 0.110 e. The fourth-order valence-electron chi connectivity index (χ4n) is 2.64. The van der Waals surface area contributed by atoms with Crippen LogP contribution in [-0.4, -0.2) is 9.55 Å². The van der Waals surface area contributed by atoms with Crippen molar-refractivity contribution in [1.82, 2.24) is 9.55 Å². The van der Waals surface area contributed by atoms with Crippen LogP contribution in [0.1, 0.15) is 30.3 Å². The number of aromatic nitrogens is 2. The molecule has 1 aromatic heterocycles. The van der Waals surface area contributed by atoms with Crippen LogP contribution < -0.4 is 0 Å². The number of rotatable bonds is 4. The van der Waals surface area contributed by atoms with Crippen molar-refractivity contribution >= 4 is 11.0 Å². The Morgan fingerprint density at radius 3 is 2.81 bits per heavy atom. The van der Waals surface area contributed by atoms with Crippen LogP contribution in [0.4, 0.5) is 0 Å². The molecular weight excluding hydrogens is 258 g/mol. The summed E-state index contributed by atoms with van der Waals surface area (Å²) < 4.78 is 2.26. The van der Waals surface area contributed by atoms with Crippen LogP contribution in [0.2, 0.25) is 0 Å². The minimum Gasteiger partial charge on any atom is -0.323 e. The lowest BCUT2D eigenvalue weighted by Crippen LogP contribution is -2.05. The third kappa shape index (κ3) is 2.66. The summed E-state index contributed by atoms with van der Waals surface area (Å²) in [6, 6.07) is 18.2. The van der Waals surface area contributed by atoms with E-state index in [1.807, 2.05) is 30.3 Å². The molecule has 0 aliphatic rings. The van der Waals surface area contributed by atoms with Gasteiger partial charge in [0.25, 0.3) is 0 Å². The Kier molecular flexibility index (Phi) is 3.70. The fraction of sp³-hybridized carbons (Fsp3) is 0.222. The van der Waals surface area contributed by atoms with E-state index in [0.717, 1.165) is 41.8 Å². The summed E-state index contributed by atoms with van der Waals surface area (Å²) >= 11 is 0. The summed E-state index contributed by atoms with van der Waals surface area (Å²) in [5.41, 5.74) is 4.03. The lowest BCUT2D eigenvalue weighted by molar-refractivity contribution is 0.721. The average Bonchev–Trinajstić information content (AvgIpc) is 2.86. The van der Waals surface area contributed by atoms with E-state index >= 15 is 0 Å². The first kappa shape index (κ1) is 13.4. The highest BCUT2D eigenvalue weighted by molar-refractivity contribution is 5.76. The SMILES string of the molecule is CCCc1nc2ccccc2n1Cc1cccc(C#N)c1. The van der Waals surface area contributed by atoms with E-state index in [1.165, 1.54) is 0 Å². The molecule has 3 heteroatoms. The second-order valence-corrected chi connectivity index (χ2v) is 5.17. The summed E-state index contributed by atoms with van der Waals surface area (Å²) in [5.74, 6) is 1.11. The molecule has 0 bridgehead atoms. The van der Waals surface area contributed by atoms with Crippen molar-refractivity contribution in [3.8, 4) is 6.07 Å². The second kappa shape index (κ2) is 5.80. The molecule has 0 atom stereocenters. The number of nitriles is 1. The first-order valence-corrected chi connectivity index (χ1v) is 7.25. The monoisotopic (exact) mass is 275 g/mol. The molecule has 3 rings (SSSR count). The lowest BCUT2D eigenvalue weighted by Gasteiger charge is -2.09. The van der Waals surface area contributed by atoms with Gasteiger partial charge in [0.05, 0.1) is 22.7 Å². The maximum atomic E-state index is 9.03. The number of hydrogen-bond donors (Lipinski definition) is 0. The summed E-state index contributed by atoms with van der Waals surface area (Å²) in [6.07, 6.45) is 2.04. The number of fused-ring (bicyclic) bond motifs is 1. The molecule has 104 valence electrons. The van der Waals surface area contributed by atoms with Crippen molar-refractivity contribution in [2.24, 2.45) is 0 Å². The Balaban J connectivity index is 2.06. The van der Waals surface area contributed by atoms with Gasteiger partial charge in [-0.15, -0.1) is 0 Å². The number of hydrogen-bond acceptors (Lipinski definition) is 2. The molecule has 0 spiro atoms. The number of benzene rings is 2. The summed E-state index contributed by atoms with van der Waals surface area (Å²) in [5, 5.41) is 9.03. The van der Waals surface area contributed by atoms with E-state index < -0.39 is 0 Å². The zero-order valence-electron chi connectivity index (χ0n) is 12.1. The normalized spacial score (nSPS) is 10.7. The molecule has 0 fully saturated rings. The van der Waals surface area contributed by atoms with E-state index in [9.17, 15) is 0 Å².